The highest BCUT2D eigenvalue weighted by Crippen LogP contribution is 2.39. The third-order valence-electron chi connectivity index (χ3n) is 8.97. The van der Waals surface area contributed by atoms with E-state index in [4.69, 9.17) is 25.9 Å². The SMILES string of the molecule is [C-]#[N+]c1ccc(-c2ccc(-c3cccc(-c4nc(-c5ccccc5)nc(-c5cccc6oc7ccccc7c56)n4)c3)c3ccccc23)cc1. The molecule has 5 heteroatoms. The van der Waals surface area contributed by atoms with Crippen molar-refractivity contribution in [2.45, 2.75) is 0 Å². The minimum absolute atomic E-state index is 0.588. The van der Waals surface area contributed by atoms with Gasteiger partial charge in [0.05, 0.1) is 6.57 Å². The molecular formula is C44H26N4O. The Labute approximate surface area is 282 Å². The highest BCUT2D eigenvalue weighted by atomic mass is 16.3. The van der Waals surface area contributed by atoms with Crippen LogP contribution in [0.15, 0.2) is 162 Å². The van der Waals surface area contributed by atoms with E-state index in [0.29, 0.717) is 23.2 Å². The van der Waals surface area contributed by atoms with Crippen LogP contribution < -0.4 is 0 Å². The van der Waals surface area contributed by atoms with Crippen molar-refractivity contribution in [2.24, 2.45) is 0 Å². The van der Waals surface area contributed by atoms with Crippen LogP contribution in [-0.2, 0) is 0 Å². The smallest absolute Gasteiger partial charge is 0.187 e. The second kappa shape index (κ2) is 11.7. The van der Waals surface area contributed by atoms with Gasteiger partial charge in [-0.3, -0.25) is 0 Å². The number of furan rings is 1. The average Bonchev–Trinajstić information content (AvgIpc) is 3.57. The average molecular weight is 627 g/mol. The normalized spacial score (nSPS) is 11.2. The summed E-state index contributed by atoms with van der Waals surface area (Å²) in [5.74, 6) is 1.79. The van der Waals surface area contributed by atoms with Gasteiger partial charge in [0.15, 0.2) is 23.2 Å². The monoisotopic (exact) mass is 626 g/mol. The second-order valence-corrected chi connectivity index (χ2v) is 11.9. The number of fused-ring (bicyclic) bond motifs is 4. The van der Waals surface area contributed by atoms with Crippen LogP contribution in [0.3, 0.4) is 0 Å². The molecule has 0 aliphatic heterocycles. The second-order valence-electron chi connectivity index (χ2n) is 11.9. The van der Waals surface area contributed by atoms with Gasteiger partial charge < -0.3 is 4.42 Å². The predicted molar refractivity (Wildman–Crippen MR) is 198 cm³/mol. The number of para-hydroxylation sites is 1. The molecule has 9 aromatic rings. The van der Waals surface area contributed by atoms with Crippen molar-refractivity contribution in [3.05, 3.63) is 169 Å². The first-order chi connectivity index (χ1) is 24.2. The number of rotatable bonds is 5. The van der Waals surface area contributed by atoms with Gasteiger partial charge in [-0.1, -0.05) is 140 Å². The van der Waals surface area contributed by atoms with Gasteiger partial charge in [-0.2, -0.15) is 0 Å². The van der Waals surface area contributed by atoms with Crippen molar-refractivity contribution < 1.29 is 4.42 Å². The quantitative estimate of drug-likeness (QED) is 0.178. The summed E-state index contributed by atoms with van der Waals surface area (Å²) in [6, 6.07) is 53.1. The molecule has 0 atom stereocenters. The molecule has 0 aliphatic carbocycles. The Morgan fingerprint density at radius 2 is 0.980 bits per heavy atom. The Morgan fingerprint density at radius 1 is 0.408 bits per heavy atom. The fraction of sp³-hybridized carbons (Fsp3) is 0. The van der Waals surface area contributed by atoms with Crippen molar-refractivity contribution in [3.63, 3.8) is 0 Å². The van der Waals surface area contributed by atoms with E-state index in [9.17, 15) is 0 Å². The molecule has 5 nitrogen and oxygen atoms in total. The predicted octanol–water partition coefficient (Wildman–Crippen LogP) is 11.8. The first-order valence-electron chi connectivity index (χ1n) is 16.1. The van der Waals surface area contributed by atoms with Gasteiger partial charge in [-0.25, -0.2) is 19.8 Å². The fourth-order valence-corrected chi connectivity index (χ4v) is 6.65. The van der Waals surface area contributed by atoms with Gasteiger partial charge in [0.2, 0.25) is 0 Å². The van der Waals surface area contributed by atoms with E-state index in [1.54, 1.807) is 0 Å². The molecular weight excluding hydrogens is 601 g/mol. The fourth-order valence-electron chi connectivity index (χ4n) is 6.65. The molecule has 0 amide bonds. The Balaban J connectivity index is 1.21. The maximum Gasteiger partial charge on any atom is 0.187 e. The molecule has 0 bridgehead atoms. The van der Waals surface area contributed by atoms with Crippen molar-refractivity contribution in [1.29, 1.82) is 0 Å². The first kappa shape index (κ1) is 28.3. The third-order valence-corrected chi connectivity index (χ3v) is 8.97. The van der Waals surface area contributed by atoms with Crippen LogP contribution in [0.25, 0.3) is 94.0 Å². The molecule has 0 saturated carbocycles. The molecule has 0 radical (unpaired) electrons. The summed E-state index contributed by atoms with van der Waals surface area (Å²) in [5, 5.41) is 4.30. The highest BCUT2D eigenvalue weighted by molar-refractivity contribution is 6.12. The Hall–Kier alpha value is -6.90. The zero-order valence-electron chi connectivity index (χ0n) is 26.2. The number of aromatic nitrogens is 3. The minimum Gasteiger partial charge on any atom is -0.456 e. The van der Waals surface area contributed by atoms with Crippen LogP contribution in [0.2, 0.25) is 0 Å². The minimum atomic E-state index is 0.588. The lowest BCUT2D eigenvalue weighted by Gasteiger charge is -2.13. The molecule has 0 unspecified atom stereocenters. The molecule has 0 aliphatic rings. The molecule has 2 heterocycles. The molecule has 2 aromatic heterocycles. The Bertz CT molecular complexity index is 2720. The molecule has 228 valence electrons. The number of hydrogen-bond acceptors (Lipinski definition) is 4. The third kappa shape index (κ3) is 5.00. The maximum atomic E-state index is 7.33. The van der Waals surface area contributed by atoms with Crippen LogP contribution >= 0.6 is 0 Å². The number of nitrogens with zero attached hydrogens (tertiary/aromatic N) is 4. The zero-order chi connectivity index (χ0) is 32.7. The van der Waals surface area contributed by atoms with E-state index >= 15 is 0 Å². The van der Waals surface area contributed by atoms with E-state index in [1.165, 1.54) is 0 Å². The lowest BCUT2D eigenvalue weighted by molar-refractivity contribution is 0.669. The van der Waals surface area contributed by atoms with Crippen LogP contribution in [0.4, 0.5) is 5.69 Å². The summed E-state index contributed by atoms with van der Waals surface area (Å²) in [5.41, 5.74) is 9.34. The number of benzene rings is 7. The van der Waals surface area contributed by atoms with Crippen LogP contribution in [0.5, 0.6) is 0 Å². The lowest BCUT2D eigenvalue weighted by atomic mass is 9.91. The Morgan fingerprint density at radius 3 is 1.73 bits per heavy atom. The first-order valence-corrected chi connectivity index (χ1v) is 16.1. The van der Waals surface area contributed by atoms with E-state index in [2.05, 4.69) is 77.6 Å². The Kier molecular flexibility index (Phi) is 6.78. The molecule has 0 fully saturated rings. The summed E-state index contributed by atoms with van der Waals surface area (Å²) >= 11 is 0. The summed E-state index contributed by atoms with van der Waals surface area (Å²) in [4.78, 5) is 18.7. The summed E-state index contributed by atoms with van der Waals surface area (Å²) in [6.07, 6.45) is 0. The molecule has 7 aromatic carbocycles. The molecule has 9 rings (SSSR count). The van der Waals surface area contributed by atoms with Gasteiger partial charge >= 0.3 is 0 Å². The van der Waals surface area contributed by atoms with Crippen LogP contribution in [0.1, 0.15) is 0 Å². The topological polar surface area (TPSA) is 56.2 Å². The molecule has 0 N–H and O–H groups in total. The van der Waals surface area contributed by atoms with Crippen LogP contribution in [0, 0.1) is 6.57 Å². The van der Waals surface area contributed by atoms with Crippen molar-refractivity contribution >= 4 is 38.4 Å². The van der Waals surface area contributed by atoms with Gasteiger partial charge in [-0.15, -0.1) is 0 Å². The van der Waals surface area contributed by atoms with Crippen LogP contribution in [-0.4, -0.2) is 15.0 Å². The molecule has 49 heavy (non-hydrogen) atoms. The van der Waals surface area contributed by atoms with Gasteiger partial charge in [-0.05, 0) is 51.2 Å². The summed E-state index contributed by atoms with van der Waals surface area (Å²) in [6.45, 7) is 7.33. The largest absolute Gasteiger partial charge is 0.456 e. The van der Waals surface area contributed by atoms with Gasteiger partial charge in [0, 0.05) is 27.5 Å². The summed E-state index contributed by atoms with van der Waals surface area (Å²) < 4.78 is 6.21. The van der Waals surface area contributed by atoms with Gasteiger partial charge in [0.25, 0.3) is 0 Å². The van der Waals surface area contributed by atoms with E-state index in [-0.39, 0.29) is 0 Å². The van der Waals surface area contributed by atoms with Crippen molar-refractivity contribution in [2.75, 3.05) is 0 Å². The number of hydrogen-bond donors (Lipinski definition) is 0. The zero-order valence-corrected chi connectivity index (χ0v) is 26.2. The van der Waals surface area contributed by atoms with E-state index in [1.807, 2.05) is 84.9 Å². The molecule has 0 spiro atoms. The van der Waals surface area contributed by atoms with Crippen molar-refractivity contribution in [3.8, 4) is 56.4 Å². The lowest BCUT2D eigenvalue weighted by Crippen LogP contribution is -2.00. The standard InChI is InChI=1S/C44H26N4O/c1-45-32-23-21-28(22-24-32)33-25-26-34(36-16-6-5-15-35(33)36)30-13-9-14-31(27-30)43-46-42(29-11-3-2-4-12-29)47-44(48-43)38-18-10-20-40-41(38)37-17-7-8-19-39(37)49-40/h2-27H. The van der Waals surface area contributed by atoms with E-state index < -0.39 is 0 Å². The maximum absolute atomic E-state index is 7.33. The van der Waals surface area contributed by atoms with Gasteiger partial charge in [0.1, 0.15) is 11.2 Å². The van der Waals surface area contributed by atoms with Crippen molar-refractivity contribution in [1.82, 2.24) is 15.0 Å². The molecule has 0 saturated heterocycles. The summed E-state index contributed by atoms with van der Waals surface area (Å²) in [7, 11) is 0. The van der Waals surface area contributed by atoms with E-state index in [0.717, 1.165) is 71.7 Å². The highest BCUT2D eigenvalue weighted by Gasteiger charge is 2.18.